The summed E-state index contributed by atoms with van der Waals surface area (Å²) in [6, 6.07) is 8.10. The van der Waals surface area contributed by atoms with Gasteiger partial charge in [0.25, 0.3) is 5.89 Å². The molecule has 108 valence electrons. The highest BCUT2D eigenvalue weighted by Crippen LogP contribution is 2.27. The average molecular weight is 291 g/mol. The van der Waals surface area contributed by atoms with Gasteiger partial charge in [0.05, 0.1) is 5.75 Å². The second-order valence-corrected chi connectivity index (χ2v) is 7.45. The molecule has 0 fully saturated rings. The first-order valence-corrected chi connectivity index (χ1v) is 7.72. The lowest BCUT2D eigenvalue weighted by Gasteiger charge is -2.15. The Balaban J connectivity index is 2.04. The van der Waals surface area contributed by atoms with Gasteiger partial charge < -0.3 is 10.3 Å². The van der Waals surface area contributed by atoms with Crippen LogP contribution < -0.4 is 5.73 Å². The minimum Gasteiger partial charge on any atom is -0.334 e. The third-order valence-electron chi connectivity index (χ3n) is 2.74. The first-order valence-electron chi connectivity index (χ1n) is 6.74. The standard InChI is InChI=1S/C15H21N3OS/c1-15(2,3)20-10-13-17-14(19-18-13)12-6-4-11(5-7-12)8-9-16/h4-7H,8-10,16H2,1-3H3. The van der Waals surface area contributed by atoms with Crippen LogP contribution in [-0.4, -0.2) is 21.4 Å². The second-order valence-electron chi connectivity index (χ2n) is 5.65. The fraction of sp³-hybridized carbons (Fsp3) is 0.467. The van der Waals surface area contributed by atoms with Gasteiger partial charge in [-0.05, 0) is 30.7 Å². The molecule has 2 N–H and O–H groups in total. The van der Waals surface area contributed by atoms with Gasteiger partial charge in [0.15, 0.2) is 5.82 Å². The molecule has 0 radical (unpaired) electrons. The van der Waals surface area contributed by atoms with Crippen LogP contribution >= 0.6 is 11.8 Å². The van der Waals surface area contributed by atoms with Crippen molar-refractivity contribution in [3.05, 3.63) is 35.7 Å². The maximum Gasteiger partial charge on any atom is 0.257 e. The summed E-state index contributed by atoms with van der Waals surface area (Å²) in [5.74, 6) is 2.08. The van der Waals surface area contributed by atoms with Crippen molar-refractivity contribution in [3.8, 4) is 11.5 Å². The highest BCUT2D eigenvalue weighted by atomic mass is 32.2. The molecule has 0 spiro atoms. The van der Waals surface area contributed by atoms with Crippen molar-refractivity contribution >= 4 is 11.8 Å². The average Bonchev–Trinajstić information content (AvgIpc) is 2.86. The molecule has 20 heavy (non-hydrogen) atoms. The van der Waals surface area contributed by atoms with E-state index in [0.29, 0.717) is 12.4 Å². The van der Waals surface area contributed by atoms with E-state index in [0.717, 1.165) is 23.6 Å². The van der Waals surface area contributed by atoms with Crippen molar-refractivity contribution in [2.24, 2.45) is 5.73 Å². The van der Waals surface area contributed by atoms with Gasteiger partial charge in [-0.3, -0.25) is 0 Å². The van der Waals surface area contributed by atoms with Crippen LogP contribution in [0.1, 0.15) is 32.2 Å². The molecular weight excluding hydrogens is 270 g/mol. The normalized spacial score (nSPS) is 11.8. The summed E-state index contributed by atoms with van der Waals surface area (Å²) in [6.45, 7) is 7.19. The Morgan fingerprint density at radius 3 is 2.50 bits per heavy atom. The fourth-order valence-electron chi connectivity index (χ4n) is 1.69. The first-order chi connectivity index (χ1) is 9.48. The van der Waals surface area contributed by atoms with Crippen LogP contribution in [0.5, 0.6) is 0 Å². The Kier molecular flexibility index (Phi) is 4.83. The Morgan fingerprint density at radius 1 is 1.20 bits per heavy atom. The number of nitrogens with two attached hydrogens (primary N) is 1. The van der Waals surface area contributed by atoms with E-state index >= 15 is 0 Å². The third-order valence-corrected chi connectivity index (χ3v) is 4.00. The van der Waals surface area contributed by atoms with Crippen LogP contribution in [0.2, 0.25) is 0 Å². The summed E-state index contributed by atoms with van der Waals surface area (Å²) >= 11 is 1.81. The molecule has 1 heterocycles. The van der Waals surface area contributed by atoms with Gasteiger partial charge >= 0.3 is 0 Å². The van der Waals surface area contributed by atoms with Crippen LogP contribution in [0, 0.1) is 0 Å². The first kappa shape index (κ1) is 15.1. The minimum absolute atomic E-state index is 0.199. The smallest absolute Gasteiger partial charge is 0.257 e. The zero-order valence-corrected chi connectivity index (χ0v) is 13.0. The van der Waals surface area contributed by atoms with Crippen molar-refractivity contribution in [2.75, 3.05) is 6.54 Å². The minimum atomic E-state index is 0.199. The van der Waals surface area contributed by atoms with Crippen LogP contribution in [0.4, 0.5) is 0 Å². The summed E-state index contributed by atoms with van der Waals surface area (Å²) in [4.78, 5) is 4.44. The highest BCUT2D eigenvalue weighted by molar-refractivity contribution is 7.99. The molecule has 0 saturated carbocycles. The molecule has 2 aromatic rings. The fourth-order valence-corrected chi connectivity index (χ4v) is 2.37. The molecule has 4 nitrogen and oxygen atoms in total. The van der Waals surface area contributed by atoms with Gasteiger partial charge in [-0.2, -0.15) is 4.98 Å². The largest absolute Gasteiger partial charge is 0.334 e. The summed E-state index contributed by atoms with van der Waals surface area (Å²) < 4.78 is 5.52. The van der Waals surface area contributed by atoms with E-state index in [1.54, 1.807) is 11.8 Å². The van der Waals surface area contributed by atoms with Gasteiger partial charge in [-0.15, -0.1) is 11.8 Å². The topological polar surface area (TPSA) is 64.9 Å². The van der Waals surface area contributed by atoms with E-state index in [4.69, 9.17) is 10.3 Å². The van der Waals surface area contributed by atoms with Gasteiger partial charge in [0.1, 0.15) is 0 Å². The van der Waals surface area contributed by atoms with E-state index in [1.165, 1.54) is 5.56 Å². The second kappa shape index (κ2) is 6.41. The van der Waals surface area contributed by atoms with E-state index in [-0.39, 0.29) is 4.75 Å². The van der Waals surface area contributed by atoms with E-state index < -0.39 is 0 Å². The molecule has 0 bridgehead atoms. The third kappa shape index (κ3) is 4.35. The number of rotatable bonds is 5. The van der Waals surface area contributed by atoms with Crippen molar-refractivity contribution in [1.82, 2.24) is 10.1 Å². The van der Waals surface area contributed by atoms with Crippen molar-refractivity contribution in [3.63, 3.8) is 0 Å². The molecule has 0 aliphatic rings. The summed E-state index contributed by atoms with van der Waals surface area (Å²) in [7, 11) is 0. The Bertz CT molecular complexity index is 543. The van der Waals surface area contributed by atoms with Gasteiger partial charge in [0.2, 0.25) is 0 Å². The lowest BCUT2D eigenvalue weighted by molar-refractivity contribution is 0.425. The number of benzene rings is 1. The zero-order valence-electron chi connectivity index (χ0n) is 12.2. The van der Waals surface area contributed by atoms with E-state index in [1.807, 2.05) is 12.1 Å². The number of hydrogen-bond acceptors (Lipinski definition) is 5. The van der Waals surface area contributed by atoms with Crippen LogP contribution in [-0.2, 0) is 12.2 Å². The number of thioether (sulfide) groups is 1. The van der Waals surface area contributed by atoms with E-state index in [9.17, 15) is 0 Å². The molecule has 0 aliphatic heterocycles. The maximum atomic E-state index is 5.54. The van der Waals surface area contributed by atoms with Gasteiger partial charge in [-0.1, -0.05) is 38.1 Å². The predicted octanol–water partition coefficient (Wildman–Crippen LogP) is 3.27. The molecule has 1 aromatic heterocycles. The van der Waals surface area contributed by atoms with Crippen LogP contribution in [0.3, 0.4) is 0 Å². The lowest BCUT2D eigenvalue weighted by atomic mass is 10.1. The Hall–Kier alpha value is -1.33. The highest BCUT2D eigenvalue weighted by Gasteiger charge is 2.14. The molecule has 0 atom stereocenters. The van der Waals surface area contributed by atoms with Crippen molar-refractivity contribution < 1.29 is 4.52 Å². The molecule has 2 rings (SSSR count). The van der Waals surface area contributed by atoms with E-state index in [2.05, 4.69) is 43.0 Å². The maximum absolute atomic E-state index is 5.54. The Labute approximate surface area is 124 Å². The molecule has 0 unspecified atom stereocenters. The lowest BCUT2D eigenvalue weighted by Crippen LogP contribution is -2.07. The molecule has 1 aromatic carbocycles. The number of nitrogens with zero attached hydrogens (tertiary/aromatic N) is 2. The summed E-state index contributed by atoms with van der Waals surface area (Å²) in [5.41, 5.74) is 7.71. The van der Waals surface area contributed by atoms with Gasteiger partial charge in [-0.25, -0.2) is 0 Å². The number of aromatic nitrogens is 2. The number of hydrogen-bond donors (Lipinski definition) is 1. The quantitative estimate of drug-likeness (QED) is 0.916. The molecular formula is C15H21N3OS. The molecule has 0 saturated heterocycles. The zero-order chi connectivity index (χ0) is 14.6. The summed E-state index contributed by atoms with van der Waals surface area (Å²) in [6.07, 6.45) is 0.886. The SMILES string of the molecule is CC(C)(C)SCc1noc(-c2ccc(CCN)cc2)n1. The monoisotopic (exact) mass is 291 g/mol. The van der Waals surface area contributed by atoms with Crippen LogP contribution in [0.25, 0.3) is 11.5 Å². The molecule has 5 heteroatoms. The van der Waals surface area contributed by atoms with Crippen molar-refractivity contribution in [2.45, 2.75) is 37.7 Å². The van der Waals surface area contributed by atoms with Crippen LogP contribution in [0.15, 0.2) is 28.8 Å². The molecule has 0 amide bonds. The summed E-state index contributed by atoms with van der Waals surface area (Å²) in [5, 5.41) is 4.03. The molecule has 0 aliphatic carbocycles. The van der Waals surface area contributed by atoms with Crippen molar-refractivity contribution in [1.29, 1.82) is 0 Å². The predicted molar refractivity (Wildman–Crippen MR) is 83.5 cm³/mol. The Morgan fingerprint density at radius 2 is 1.90 bits per heavy atom. The van der Waals surface area contributed by atoms with Gasteiger partial charge in [0, 0.05) is 10.3 Å².